The third-order valence-corrected chi connectivity index (χ3v) is 3.56. The Morgan fingerprint density at radius 3 is 2.62 bits per heavy atom. The highest BCUT2D eigenvalue weighted by molar-refractivity contribution is 5.76. The van der Waals surface area contributed by atoms with E-state index < -0.39 is 0 Å². The van der Waals surface area contributed by atoms with E-state index in [1.807, 2.05) is 0 Å². The molecule has 16 heavy (non-hydrogen) atoms. The van der Waals surface area contributed by atoms with E-state index in [4.69, 9.17) is 10.5 Å². The smallest absolute Gasteiger partial charge is 0.222 e. The van der Waals surface area contributed by atoms with Crippen LogP contribution in [0.5, 0.6) is 0 Å². The molecule has 1 amide bonds. The average molecular weight is 228 g/mol. The van der Waals surface area contributed by atoms with Gasteiger partial charge >= 0.3 is 0 Å². The molecule has 0 saturated heterocycles. The number of nitrogens with two attached hydrogens (primary N) is 1. The van der Waals surface area contributed by atoms with Crippen LogP contribution in [0.1, 0.15) is 39.0 Å². The number of rotatable bonds is 5. The summed E-state index contributed by atoms with van der Waals surface area (Å²) in [6, 6.07) is 0. The van der Waals surface area contributed by atoms with Crippen molar-refractivity contribution in [1.82, 2.24) is 5.32 Å². The minimum absolute atomic E-state index is 0.0573. The Morgan fingerprint density at radius 2 is 2.12 bits per heavy atom. The Hall–Kier alpha value is -0.610. The number of amides is 1. The monoisotopic (exact) mass is 228 g/mol. The highest BCUT2D eigenvalue weighted by Crippen LogP contribution is 2.31. The van der Waals surface area contributed by atoms with Gasteiger partial charge in [0.05, 0.1) is 12.1 Å². The van der Waals surface area contributed by atoms with Gasteiger partial charge in [-0.2, -0.15) is 0 Å². The zero-order chi connectivity index (χ0) is 12.0. The average Bonchev–Trinajstić information content (AvgIpc) is 2.30. The second-order valence-corrected chi connectivity index (χ2v) is 4.96. The zero-order valence-corrected chi connectivity index (χ0v) is 10.4. The van der Waals surface area contributed by atoms with Gasteiger partial charge in [-0.1, -0.05) is 6.92 Å². The van der Waals surface area contributed by atoms with Crippen LogP contribution in [0.15, 0.2) is 0 Å². The molecule has 94 valence electrons. The van der Waals surface area contributed by atoms with E-state index in [-0.39, 0.29) is 11.4 Å². The van der Waals surface area contributed by atoms with Crippen molar-refractivity contribution in [3.05, 3.63) is 0 Å². The van der Waals surface area contributed by atoms with Gasteiger partial charge in [-0.25, -0.2) is 0 Å². The third kappa shape index (κ3) is 3.76. The van der Waals surface area contributed by atoms with Crippen molar-refractivity contribution in [2.75, 3.05) is 20.3 Å². The topological polar surface area (TPSA) is 64.3 Å². The number of hydrogen-bond acceptors (Lipinski definition) is 3. The van der Waals surface area contributed by atoms with Gasteiger partial charge in [-0.05, 0) is 31.6 Å². The minimum atomic E-state index is -0.155. The molecule has 1 rings (SSSR count). The molecule has 4 nitrogen and oxygen atoms in total. The van der Waals surface area contributed by atoms with Crippen LogP contribution in [0.2, 0.25) is 0 Å². The van der Waals surface area contributed by atoms with E-state index in [0.29, 0.717) is 19.6 Å². The second kappa shape index (κ2) is 6.21. The van der Waals surface area contributed by atoms with Crippen molar-refractivity contribution in [3.63, 3.8) is 0 Å². The molecule has 0 aromatic carbocycles. The molecule has 0 atom stereocenters. The van der Waals surface area contributed by atoms with E-state index in [1.165, 1.54) is 0 Å². The van der Waals surface area contributed by atoms with Crippen LogP contribution in [0.3, 0.4) is 0 Å². The molecule has 0 radical (unpaired) electrons. The summed E-state index contributed by atoms with van der Waals surface area (Å²) in [6.07, 6.45) is 4.74. The summed E-state index contributed by atoms with van der Waals surface area (Å²) in [4.78, 5) is 11.7. The second-order valence-electron chi connectivity index (χ2n) is 4.96. The fraction of sp³-hybridized carbons (Fsp3) is 0.917. The van der Waals surface area contributed by atoms with Crippen molar-refractivity contribution in [1.29, 1.82) is 0 Å². The van der Waals surface area contributed by atoms with Gasteiger partial charge < -0.3 is 15.8 Å². The molecule has 1 saturated carbocycles. The molecular formula is C12H24N2O2. The third-order valence-electron chi connectivity index (χ3n) is 3.56. The number of carbonyl (C=O) groups excluding carboxylic acids is 1. The lowest BCUT2D eigenvalue weighted by Gasteiger charge is -2.39. The van der Waals surface area contributed by atoms with Crippen LogP contribution >= 0.6 is 0 Å². The van der Waals surface area contributed by atoms with Crippen LogP contribution in [0.25, 0.3) is 0 Å². The lowest BCUT2D eigenvalue weighted by molar-refractivity contribution is -0.124. The molecule has 0 aromatic rings. The maximum absolute atomic E-state index is 11.7. The highest BCUT2D eigenvalue weighted by Gasteiger charge is 2.33. The summed E-state index contributed by atoms with van der Waals surface area (Å²) in [7, 11) is 1.61. The van der Waals surface area contributed by atoms with Gasteiger partial charge in [-0.3, -0.25) is 4.79 Å². The predicted octanol–water partition coefficient (Wildman–Crippen LogP) is 1.05. The molecule has 0 bridgehead atoms. The predicted molar refractivity (Wildman–Crippen MR) is 64.1 cm³/mol. The molecule has 0 aromatic heterocycles. The summed E-state index contributed by atoms with van der Waals surface area (Å²) < 4.78 is 4.89. The van der Waals surface area contributed by atoms with Gasteiger partial charge in [0.25, 0.3) is 0 Å². The minimum Gasteiger partial charge on any atom is -0.384 e. The first-order valence-electron chi connectivity index (χ1n) is 6.12. The van der Waals surface area contributed by atoms with Crippen molar-refractivity contribution >= 4 is 5.91 Å². The van der Waals surface area contributed by atoms with Gasteiger partial charge in [0.1, 0.15) is 0 Å². The van der Waals surface area contributed by atoms with Crippen molar-refractivity contribution in [2.24, 2.45) is 11.7 Å². The lowest BCUT2D eigenvalue weighted by Crippen LogP contribution is -2.55. The molecule has 4 heteroatoms. The molecule has 1 aliphatic carbocycles. The molecule has 3 N–H and O–H groups in total. The molecule has 0 spiro atoms. The number of carbonyl (C=O) groups is 1. The van der Waals surface area contributed by atoms with E-state index in [0.717, 1.165) is 31.6 Å². The molecule has 1 aliphatic rings. The Bertz CT molecular complexity index is 223. The zero-order valence-electron chi connectivity index (χ0n) is 10.4. The number of methoxy groups -OCH3 is 1. The fourth-order valence-electron chi connectivity index (χ4n) is 2.25. The first kappa shape index (κ1) is 13.5. The molecule has 0 aliphatic heterocycles. The lowest BCUT2D eigenvalue weighted by atomic mass is 9.77. The van der Waals surface area contributed by atoms with Crippen LogP contribution in [-0.4, -0.2) is 31.7 Å². The summed E-state index contributed by atoms with van der Waals surface area (Å²) in [5, 5.41) is 3.09. The Morgan fingerprint density at radius 1 is 1.50 bits per heavy atom. The van der Waals surface area contributed by atoms with E-state index in [1.54, 1.807) is 7.11 Å². The summed E-state index contributed by atoms with van der Waals surface area (Å²) >= 11 is 0. The van der Waals surface area contributed by atoms with E-state index >= 15 is 0 Å². The SMILES string of the molecule is COCCC(=O)NC1(CN)CCC(C)CC1. The largest absolute Gasteiger partial charge is 0.384 e. The molecule has 0 unspecified atom stereocenters. The quantitative estimate of drug-likeness (QED) is 0.739. The summed E-state index contributed by atoms with van der Waals surface area (Å²) in [6.45, 7) is 3.27. The Balaban J connectivity index is 2.44. The normalized spacial score (nSPS) is 30.1. The van der Waals surface area contributed by atoms with Crippen LogP contribution in [-0.2, 0) is 9.53 Å². The standard InChI is InChI=1S/C12H24N2O2/c1-10-3-6-12(9-13,7-4-10)14-11(15)5-8-16-2/h10H,3-9,13H2,1-2H3,(H,14,15). The van der Waals surface area contributed by atoms with Gasteiger partial charge in [-0.15, -0.1) is 0 Å². The number of hydrogen-bond donors (Lipinski definition) is 2. The van der Waals surface area contributed by atoms with Crippen LogP contribution in [0.4, 0.5) is 0 Å². The summed E-state index contributed by atoms with van der Waals surface area (Å²) in [5.41, 5.74) is 5.66. The maximum atomic E-state index is 11.7. The molecule has 1 fully saturated rings. The summed E-state index contributed by atoms with van der Waals surface area (Å²) in [5.74, 6) is 0.817. The number of nitrogens with one attached hydrogen (secondary N) is 1. The maximum Gasteiger partial charge on any atom is 0.222 e. The highest BCUT2D eigenvalue weighted by atomic mass is 16.5. The molecular weight excluding hydrogens is 204 g/mol. The first-order valence-corrected chi connectivity index (χ1v) is 6.12. The van der Waals surface area contributed by atoms with Crippen molar-refractivity contribution in [3.8, 4) is 0 Å². The van der Waals surface area contributed by atoms with E-state index in [2.05, 4.69) is 12.2 Å². The number of ether oxygens (including phenoxy) is 1. The van der Waals surface area contributed by atoms with Crippen molar-refractivity contribution < 1.29 is 9.53 Å². The fourth-order valence-corrected chi connectivity index (χ4v) is 2.25. The Labute approximate surface area is 97.9 Å². The first-order chi connectivity index (χ1) is 7.62. The molecule has 0 heterocycles. The van der Waals surface area contributed by atoms with E-state index in [9.17, 15) is 4.79 Å². The van der Waals surface area contributed by atoms with Gasteiger partial charge in [0.15, 0.2) is 0 Å². The van der Waals surface area contributed by atoms with Gasteiger partial charge in [0, 0.05) is 20.1 Å². The van der Waals surface area contributed by atoms with Crippen molar-refractivity contribution in [2.45, 2.75) is 44.6 Å². The Kier molecular flexibility index (Phi) is 5.22. The van der Waals surface area contributed by atoms with Gasteiger partial charge in [0.2, 0.25) is 5.91 Å². The van der Waals surface area contributed by atoms with Crippen LogP contribution < -0.4 is 11.1 Å². The van der Waals surface area contributed by atoms with Crippen LogP contribution in [0, 0.1) is 5.92 Å².